The molecule has 0 unspecified atom stereocenters. The number of hydrazone groups is 1. The number of rotatable bonds is 6. The van der Waals surface area contributed by atoms with Crippen LogP contribution < -0.4 is 10.2 Å². The van der Waals surface area contributed by atoms with Crippen LogP contribution in [0.4, 0.5) is 4.39 Å². The summed E-state index contributed by atoms with van der Waals surface area (Å²) in [7, 11) is 0. The summed E-state index contributed by atoms with van der Waals surface area (Å²) >= 11 is 3.46. The fourth-order valence-electron chi connectivity index (χ4n) is 2.36. The van der Waals surface area contributed by atoms with Crippen molar-refractivity contribution in [1.82, 2.24) is 5.43 Å². The van der Waals surface area contributed by atoms with Gasteiger partial charge in [0.05, 0.1) is 10.7 Å². The molecule has 0 aliphatic carbocycles. The zero-order chi connectivity index (χ0) is 19.1. The van der Waals surface area contributed by atoms with Crippen molar-refractivity contribution in [3.63, 3.8) is 0 Å². The summed E-state index contributed by atoms with van der Waals surface area (Å²) in [6.45, 7) is -0.210. The first-order valence-corrected chi connectivity index (χ1v) is 8.97. The van der Waals surface area contributed by atoms with Gasteiger partial charge in [0.1, 0.15) is 11.6 Å². The van der Waals surface area contributed by atoms with Crippen molar-refractivity contribution in [3.05, 3.63) is 88.6 Å². The molecule has 0 heterocycles. The van der Waals surface area contributed by atoms with Gasteiger partial charge in [0.25, 0.3) is 5.91 Å². The van der Waals surface area contributed by atoms with Crippen molar-refractivity contribution in [1.29, 1.82) is 0 Å². The number of nitrogens with one attached hydrogen (secondary N) is 1. The second kappa shape index (κ2) is 9.09. The van der Waals surface area contributed by atoms with E-state index in [1.807, 2.05) is 42.5 Å². The SMILES string of the molecule is O=C(COc1ccc(-c2ccccc2)cc1Br)N/N=C/c1ccccc1F. The standard InChI is InChI=1S/C21H16BrFN2O2/c22-18-12-16(15-6-2-1-3-7-15)10-11-20(18)27-14-21(26)25-24-13-17-8-4-5-9-19(17)23/h1-13H,14H2,(H,25,26)/b24-13+. The fraction of sp³-hybridized carbons (Fsp3) is 0.0476. The summed E-state index contributed by atoms with van der Waals surface area (Å²) in [5, 5.41) is 3.73. The molecule has 0 saturated heterocycles. The van der Waals surface area contributed by atoms with E-state index in [2.05, 4.69) is 26.5 Å². The van der Waals surface area contributed by atoms with Crippen molar-refractivity contribution in [2.24, 2.45) is 5.10 Å². The number of hydrogen-bond acceptors (Lipinski definition) is 3. The zero-order valence-corrected chi connectivity index (χ0v) is 15.8. The Morgan fingerprint density at radius 1 is 1.04 bits per heavy atom. The van der Waals surface area contributed by atoms with Gasteiger partial charge in [-0.05, 0) is 45.3 Å². The Bertz CT molecular complexity index is 961. The second-order valence-electron chi connectivity index (χ2n) is 5.61. The molecule has 3 aromatic rings. The quantitative estimate of drug-likeness (QED) is 0.455. The van der Waals surface area contributed by atoms with Crippen LogP contribution in [0.1, 0.15) is 5.56 Å². The Labute approximate surface area is 164 Å². The monoisotopic (exact) mass is 426 g/mol. The molecule has 0 spiro atoms. The molecule has 0 bridgehead atoms. The molecule has 3 aromatic carbocycles. The zero-order valence-electron chi connectivity index (χ0n) is 14.2. The molecule has 0 fully saturated rings. The number of carbonyl (C=O) groups is 1. The van der Waals surface area contributed by atoms with Crippen LogP contribution in [0.2, 0.25) is 0 Å². The number of benzene rings is 3. The molecule has 0 aliphatic rings. The van der Waals surface area contributed by atoms with Gasteiger partial charge >= 0.3 is 0 Å². The normalized spacial score (nSPS) is 10.7. The predicted octanol–water partition coefficient (Wildman–Crippen LogP) is 4.78. The Hall–Kier alpha value is -2.99. The van der Waals surface area contributed by atoms with Crippen molar-refractivity contribution in [2.45, 2.75) is 0 Å². The lowest BCUT2D eigenvalue weighted by Gasteiger charge is -2.09. The smallest absolute Gasteiger partial charge is 0.277 e. The van der Waals surface area contributed by atoms with Gasteiger partial charge in [0, 0.05) is 5.56 Å². The van der Waals surface area contributed by atoms with Gasteiger partial charge in [-0.25, -0.2) is 9.82 Å². The summed E-state index contributed by atoms with van der Waals surface area (Å²) in [5.74, 6) is -0.307. The average molecular weight is 427 g/mol. The molecule has 1 amide bonds. The Balaban J connectivity index is 1.55. The fourth-order valence-corrected chi connectivity index (χ4v) is 2.85. The van der Waals surface area contributed by atoms with Crippen LogP contribution in [0.15, 0.2) is 82.4 Å². The Morgan fingerprint density at radius 2 is 1.78 bits per heavy atom. The lowest BCUT2D eigenvalue weighted by molar-refractivity contribution is -0.123. The van der Waals surface area contributed by atoms with E-state index in [-0.39, 0.29) is 12.2 Å². The highest BCUT2D eigenvalue weighted by molar-refractivity contribution is 9.10. The van der Waals surface area contributed by atoms with Gasteiger partial charge in [-0.15, -0.1) is 0 Å². The highest BCUT2D eigenvalue weighted by atomic mass is 79.9. The van der Waals surface area contributed by atoms with Gasteiger partial charge in [0.15, 0.2) is 6.61 Å². The summed E-state index contributed by atoms with van der Waals surface area (Å²) in [6, 6.07) is 21.7. The van der Waals surface area contributed by atoms with E-state index in [1.165, 1.54) is 12.3 Å². The molecule has 136 valence electrons. The minimum absolute atomic E-state index is 0.210. The van der Waals surface area contributed by atoms with E-state index < -0.39 is 11.7 Å². The third-order valence-electron chi connectivity index (χ3n) is 3.70. The van der Waals surface area contributed by atoms with Gasteiger partial charge in [-0.3, -0.25) is 4.79 Å². The van der Waals surface area contributed by atoms with Crippen LogP contribution in [-0.4, -0.2) is 18.7 Å². The highest BCUT2D eigenvalue weighted by Gasteiger charge is 2.07. The first-order valence-electron chi connectivity index (χ1n) is 8.17. The predicted molar refractivity (Wildman–Crippen MR) is 107 cm³/mol. The number of carbonyl (C=O) groups excluding carboxylic acids is 1. The highest BCUT2D eigenvalue weighted by Crippen LogP contribution is 2.30. The maximum absolute atomic E-state index is 13.4. The molecule has 0 atom stereocenters. The van der Waals surface area contributed by atoms with Crippen LogP contribution in [0.5, 0.6) is 5.75 Å². The number of ether oxygens (including phenoxy) is 1. The Kier molecular flexibility index (Phi) is 6.33. The minimum Gasteiger partial charge on any atom is -0.483 e. The summed E-state index contributed by atoms with van der Waals surface area (Å²) in [5.41, 5.74) is 4.72. The molecule has 6 heteroatoms. The average Bonchev–Trinajstić information content (AvgIpc) is 2.69. The van der Waals surface area contributed by atoms with E-state index >= 15 is 0 Å². The van der Waals surface area contributed by atoms with Crippen LogP contribution >= 0.6 is 15.9 Å². The van der Waals surface area contributed by atoms with E-state index in [0.717, 1.165) is 15.6 Å². The number of nitrogens with zero attached hydrogens (tertiary/aromatic N) is 1. The first-order chi connectivity index (χ1) is 13.1. The van der Waals surface area contributed by atoms with Crippen LogP contribution in [0.3, 0.4) is 0 Å². The summed E-state index contributed by atoms with van der Waals surface area (Å²) in [6.07, 6.45) is 1.25. The van der Waals surface area contributed by atoms with Crippen LogP contribution in [0.25, 0.3) is 11.1 Å². The van der Waals surface area contributed by atoms with E-state index in [4.69, 9.17) is 4.74 Å². The number of halogens is 2. The molecule has 4 nitrogen and oxygen atoms in total. The van der Waals surface area contributed by atoms with Crippen molar-refractivity contribution >= 4 is 28.1 Å². The lowest BCUT2D eigenvalue weighted by Crippen LogP contribution is -2.24. The minimum atomic E-state index is -0.443. The second-order valence-corrected chi connectivity index (χ2v) is 6.47. The topological polar surface area (TPSA) is 50.7 Å². The van der Waals surface area contributed by atoms with E-state index in [9.17, 15) is 9.18 Å². The maximum atomic E-state index is 13.4. The van der Waals surface area contributed by atoms with Gasteiger partial charge in [0.2, 0.25) is 0 Å². The molecular formula is C21H16BrFN2O2. The van der Waals surface area contributed by atoms with Gasteiger partial charge in [-0.1, -0.05) is 54.6 Å². The molecular weight excluding hydrogens is 411 g/mol. The molecule has 27 heavy (non-hydrogen) atoms. The third-order valence-corrected chi connectivity index (χ3v) is 4.32. The van der Waals surface area contributed by atoms with Crippen molar-refractivity contribution in [3.8, 4) is 16.9 Å². The van der Waals surface area contributed by atoms with Crippen molar-refractivity contribution in [2.75, 3.05) is 6.61 Å². The van der Waals surface area contributed by atoms with Crippen molar-refractivity contribution < 1.29 is 13.9 Å². The molecule has 0 aliphatic heterocycles. The maximum Gasteiger partial charge on any atom is 0.277 e. The first kappa shape index (κ1) is 18.8. The lowest BCUT2D eigenvalue weighted by atomic mass is 10.1. The Morgan fingerprint density at radius 3 is 2.52 bits per heavy atom. The molecule has 0 aromatic heterocycles. The summed E-state index contributed by atoms with van der Waals surface area (Å²) < 4.78 is 19.7. The van der Waals surface area contributed by atoms with Gasteiger partial charge in [-0.2, -0.15) is 5.10 Å². The molecule has 0 saturated carbocycles. The third kappa shape index (κ3) is 5.24. The van der Waals surface area contributed by atoms with Crippen LogP contribution in [-0.2, 0) is 4.79 Å². The summed E-state index contributed by atoms with van der Waals surface area (Å²) in [4.78, 5) is 11.8. The molecule has 1 N–H and O–H groups in total. The molecule has 3 rings (SSSR count). The van der Waals surface area contributed by atoms with Gasteiger partial charge < -0.3 is 4.74 Å². The number of hydrogen-bond donors (Lipinski definition) is 1. The molecule has 0 radical (unpaired) electrons. The van der Waals surface area contributed by atoms with E-state index in [1.54, 1.807) is 24.3 Å². The number of amides is 1. The van der Waals surface area contributed by atoms with Crippen LogP contribution in [0, 0.1) is 5.82 Å². The largest absolute Gasteiger partial charge is 0.483 e. The van der Waals surface area contributed by atoms with E-state index in [0.29, 0.717) is 5.75 Å².